The molecule has 2 unspecified atom stereocenters. The summed E-state index contributed by atoms with van der Waals surface area (Å²) in [6.07, 6.45) is 5.60. The van der Waals surface area contributed by atoms with Gasteiger partial charge in [-0.05, 0) is 32.2 Å². The largest absolute Gasteiger partial charge is 0.378 e. The first-order chi connectivity index (χ1) is 6.86. The highest BCUT2D eigenvalue weighted by molar-refractivity contribution is 4.80. The van der Waals surface area contributed by atoms with Crippen LogP contribution in [-0.2, 0) is 4.74 Å². The molecule has 2 atom stereocenters. The molecule has 0 aromatic heterocycles. The Kier molecular flexibility index (Phi) is 5.58. The Labute approximate surface area is 86.4 Å². The lowest BCUT2D eigenvalue weighted by molar-refractivity contribution is 0.103. The maximum absolute atomic E-state index is 8.56. The van der Waals surface area contributed by atoms with Crippen molar-refractivity contribution in [3.05, 3.63) is 0 Å². The van der Waals surface area contributed by atoms with E-state index in [2.05, 4.69) is 18.3 Å². The second kappa shape index (κ2) is 6.80. The van der Waals surface area contributed by atoms with Crippen LogP contribution in [0.2, 0.25) is 0 Å². The molecule has 0 spiro atoms. The van der Waals surface area contributed by atoms with Gasteiger partial charge in [-0.1, -0.05) is 6.92 Å². The van der Waals surface area contributed by atoms with Gasteiger partial charge in [-0.25, -0.2) is 0 Å². The van der Waals surface area contributed by atoms with Crippen LogP contribution in [0.25, 0.3) is 0 Å². The first-order valence-electron chi connectivity index (χ1n) is 5.58. The highest BCUT2D eigenvalue weighted by atomic mass is 16.5. The SMILES string of the molecule is CCC(CC#N)NCCC1CCCO1. The number of hydrogen-bond acceptors (Lipinski definition) is 3. The van der Waals surface area contributed by atoms with E-state index in [1.165, 1.54) is 12.8 Å². The Morgan fingerprint density at radius 2 is 2.50 bits per heavy atom. The summed E-state index contributed by atoms with van der Waals surface area (Å²) in [6.45, 7) is 4.02. The van der Waals surface area contributed by atoms with Crippen LogP contribution in [-0.4, -0.2) is 25.3 Å². The standard InChI is InChI=1S/C11H20N2O/c1-2-10(5-7-12)13-8-6-11-4-3-9-14-11/h10-11,13H,2-6,8-9H2,1H3. The third-order valence-electron chi connectivity index (χ3n) is 2.75. The monoisotopic (exact) mass is 196 g/mol. The first-order valence-corrected chi connectivity index (χ1v) is 5.58. The summed E-state index contributed by atoms with van der Waals surface area (Å²) >= 11 is 0. The molecule has 1 aliphatic heterocycles. The Bertz CT molecular complexity index is 182. The molecule has 0 aromatic carbocycles. The van der Waals surface area contributed by atoms with E-state index < -0.39 is 0 Å². The minimum Gasteiger partial charge on any atom is -0.378 e. The lowest BCUT2D eigenvalue weighted by Crippen LogP contribution is -2.30. The van der Waals surface area contributed by atoms with Gasteiger partial charge in [-0.15, -0.1) is 0 Å². The average molecular weight is 196 g/mol. The van der Waals surface area contributed by atoms with Gasteiger partial charge in [0.05, 0.1) is 18.6 Å². The zero-order valence-corrected chi connectivity index (χ0v) is 8.96. The molecule has 1 rings (SSSR count). The van der Waals surface area contributed by atoms with Crippen molar-refractivity contribution in [1.29, 1.82) is 5.26 Å². The predicted molar refractivity (Wildman–Crippen MR) is 55.9 cm³/mol. The number of nitrogens with one attached hydrogen (secondary N) is 1. The Morgan fingerprint density at radius 1 is 1.64 bits per heavy atom. The normalized spacial score (nSPS) is 23.3. The van der Waals surface area contributed by atoms with E-state index in [1.54, 1.807) is 0 Å². The molecule has 3 nitrogen and oxygen atoms in total. The minimum absolute atomic E-state index is 0.362. The van der Waals surface area contributed by atoms with Gasteiger partial charge in [0.25, 0.3) is 0 Å². The summed E-state index contributed by atoms with van der Waals surface area (Å²) in [5, 5.41) is 12.0. The number of ether oxygens (including phenoxy) is 1. The van der Waals surface area contributed by atoms with Gasteiger partial charge in [-0.3, -0.25) is 0 Å². The molecule has 1 aliphatic rings. The fourth-order valence-corrected chi connectivity index (χ4v) is 1.79. The summed E-state index contributed by atoms with van der Waals surface area (Å²) in [7, 11) is 0. The predicted octanol–water partition coefficient (Wildman–Crippen LogP) is 1.84. The lowest BCUT2D eigenvalue weighted by Gasteiger charge is -2.15. The van der Waals surface area contributed by atoms with Gasteiger partial charge in [0, 0.05) is 12.6 Å². The quantitative estimate of drug-likeness (QED) is 0.705. The fourth-order valence-electron chi connectivity index (χ4n) is 1.79. The van der Waals surface area contributed by atoms with Crippen molar-refractivity contribution >= 4 is 0 Å². The van der Waals surface area contributed by atoms with Crippen LogP contribution in [0.1, 0.15) is 39.0 Å². The summed E-state index contributed by atoms with van der Waals surface area (Å²) in [5.41, 5.74) is 0. The van der Waals surface area contributed by atoms with Gasteiger partial charge >= 0.3 is 0 Å². The van der Waals surface area contributed by atoms with Gasteiger partial charge in [0.2, 0.25) is 0 Å². The third kappa shape index (κ3) is 4.08. The van der Waals surface area contributed by atoms with Gasteiger partial charge in [0.1, 0.15) is 0 Å². The van der Waals surface area contributed by atoms with E-state index in [4.69, 9.17) is 10.00 Å². The molecular weight excluding hydrogens is 176 g/mol. The lowest BCUT2D eigenvalue weighted by atomic mass is 10.1. The molecule has 80 valence electrons. The highest BCUT2D eigenvalue weighted by Crippen LogP contribution is 2.14. The molecule has 0 aliphatic carbocycles. The molecule has 14 heavy (non-hydrogen) atoms. The van der Waals surface area contributed by atoms with Gasteiger partial charge < -0.3 is 10.1 Å². The van der Waals surface area contributed by atoms with Crippen molar-refractivity contribution in [2.24, 2.45) is 0 Å². The molecule has 1 saturated heterocycles. The Balaban J connectivity index is 2.03. The van der Waals surface area contributed by atoms with Crippen LogP contribution in [0.4, 0.5) is 0 Å². The van der Waals surface area contributed by atoms with Gasteiger partial charge in [-0.2, -0.15) is 5.26 Å². The van der Waals surface area contributed by atoms with Crippen LogP contribution >= 0.6 is 0 Å². The van der Waals surface area contributed by atoms with E-state index in [-0.39, 0.29) is 0 Å². The Morgan fingerprint density at radius 3 is 3.07 bits per heavy atom. The molecule has 0 amide bonds. The van der Waals surface area contributed by atoms with Crippen molar-refractivity contribution in [1.82, 2.24) is 5.32 Å². The summed E-state index contributed by atoms with van der Waals surface area (Å²) < 4.78 is 5.52. The van der Waals surface area contributed by atoms with E-state index in [0.717, 1.165) is 26.0 Å². The van der Waals surface area contributed by atoms with Crippen molar-refractivity contribution < 1.29 is 4.74 Å². The first kappa shape index (κ1) is 11.5. The van der Waals surface area contributed by atoms with Gasteiger partial charge in [0.15, 0.2) is 0 Å². The number of hydrogen-bond donors (Lipinski definition) is 1. The zero-order chi connectivity index (χ0) is 10.2. The summed E-state index contributed by atoms with van der Waals surface area (Å²) in [4.78, 5) is 0. The fraction of sp³-hybridized carbons (Fsp3) is 0.909. The molecule has 0 saturated carbocycles. The molecular formula is C11H20N2O. The van der Waals surface area contributed by atoms with E-state index in [9.17, 15) is 0 Å². The number of nitriles is 1. The van der Waals surface area contributed by atoms with Crippen LogP contribution in [0.3, 0.4) is 0 Å². The maximum Gasteiger partial charge on any atom is 0.0638 e. The van der Waals surface area contributed by atoms with E-state index in [0.29, 0.717) is 18.6 Å². The molecule has 3 heteroatoms. The zero-order valence-electron chi connectivity index (χ0n) is 8.96. The van der Waals surface area contributed by atoms with Crippen LogP contribution in [0.5, 0.6) is 0 Å². The highest BCUT2D eigenvalue weighted by Gasteiger charge is 2.15. The topological polar surface area (TPSA) is 45.0 Å². The summed E-state index contributed by atoms with van der Waals surface area (Å²) in [5.74, 6) is 0. The molecule has 1 heterocycles. The maximum atomic E-state index is 8.56. The minimum atomic E-state index is 0.362. The second-order valence-electron chi connectivity index (χ2n) is 3.85. The van der Waals surface area contributed by atoms with E-state index in [1.807, 2.05) is 0 Å². The summed E-state index contributed by atoms with van der Waals surface area (Å²) in [6, 6.07) is 2.57. The van der Waals surface area contributed by atoms with Crippen molar-refractivity contribution in [3.63, 3.8) is 0 Å². The number of rotatable bonds is 6. The van der Waals surface area contributed by atoms with Crippen molar-refractivity contribution in [2.75, 3.05) is 13.2 Å². The Hall–Kier alpha value is -0.590. The molecule has 1 N–H and O–H groups in total. The molecule has 0 aromatic rings. The smallest absolute Gasteiger partial charge is 0.0638 e. The third-order valence-corrected chi connectivity index (χ3v) is 2.75. The molecule has 1 fully saturated rings. The van der Waals surface area contributed by atoms with Crippen molar-refractivity contribution in [2.45, 2.75) is 51.2 Å². The second-order valence-corrected chi connectivity index (χ2v) is 3.85. The molecule has 0 radical (unpaired) electrons. The van der Waals surface area contributed by atoms with Crippen LogP contribution < -0.4 is 5.32 Å². The number of nitrogens with zero attached hydrogens (tertiary/aromatic N) is 1. The average Bonchev–Trinajstić information content (AvgIpc) is 2.69. The van der Waals surface area contributed by atoms with Crippen LogP contribution in [0, 0.1) is 11.3 Å². The van der Waals surface area contributed by atoms with Crippen LogP contribution in [0.15, 0.2) is 0 Å². The van der Waals surface area contributed by atoms with E-state index >= 15 is 0 Å². The van der Waals surface area contributed by atoms with Crippen molar-refractivity contribution in [3.8, 4) is 6.07 Å². The molecule has 0 bridgehead atoms.